The van der Waals surface area contributed by atoms with Gasteiger partial charge in [-0.1, -0.05) is 32.1 Å². The summed E-state index contributed by atoms with van der Waals surface area (Å²) in [7, 11) is 2.34. The Hall–Kier alpha value is -0.0800. The molecule has 2 N–H and O–H groups in total. The molecule has 2 unspecified atom stereocenters. The fourth-order valence-electron chi connectivity index (χ4n) is 3.75. The molecule has 0 saturated heterocycles. The van der Waals surface area contributed by atoms with E-state index in [1.807, 2.05) is 0 Å². The van der Waals surface area contributed by atoms with Crippen LogP contribution in [0.4, 0.5) is 0 Å². The maximum absolute atomic E-state index is 6.09. The number of hydrogen-bond acceptors (Lipinski definition) is 2. The average molecular weight is 238 g/mol. The van der Waals surface area contributed by atoms with Crippen LogP contribution >= 0.6 is 0 Å². The Morgan fingerprint density at radius 2 is 1.65 bits per heavy atom. The normalized spacial score (nSPS) is 32.6. The van der Waals surface area contributed by atoms with Gasteiger partial charge in [-0.3, -0.25) is 0 Å². The Bertz CT molecular complexity index is 209. The second-order valence-corrected chi connectivity index (χ2v) is 6.38. The van der Waals surface area contributed by atoms with Crippen molar-refractivity contribution in [2.45, 2.75) is 76.3 Å². The van der Waals surface area contributed by atoms with Crippen LogP contribution in [-0.4, -0.2) is 30.6 Å². The zero-order valence-electron chi connectivity index (χ0n) is 11.5. The molecule has 17 heavy (non-hydrogen) atoms. The molecule has 2 nitrogen and oxygen atoms in total. The van der Waals surface area contributed by atoms with Crippen molar-refractivity contribution in [1.82, 2.24) is 4.90 Å². The smallest absolute Gasteiger partial charge is 0.00923 e. The maximum Gasteiger partial charge on any atom is 0.00923 e. The standard InChI is InChI=1S/C15H30N2/c1-17(15-9-4-2-3-5-10-15)12-13-7-6-8-14(16)11-13/h13-15H,2-12,16H2,1H3. The maximum atomic E-state index is 6.09. The molecule has 0 bridgehead atoms. The highest BCUT2D eigenvalue weighted by molar-refractivity contribution is 4.80. The predicted molar refractivity (Wildman–Crippen MR) is 74.1 cm³/mol. The van der Waals surface area contributed by atoms with E-state index in [-0.39, 0.29) is 0 Å². The lowest BCUT2D eigenvalue weighted by molar-refractivity contribution is 0.163. The Morgan fingerprint density at radius 1 is 0.941 bits per heavy atom. The molecule has 0 aromatic heterocycles. The summed E-state index contributed by atoms with van der Waals surface area (Å²) in [5.41, 5.74) is 6.09. The zero-order valence-corrected chi connectivity index (χ0v) is 11.5. The van der Waals surface area contributed by atoms with Crippen LogP contribution in [0, 0.1) is 5.92 Å². The molecule has 0 amide bonds. The molecule has 2 heteroatoms. The first-order valence-electron chi connectivity index (χ1n) is 7.71. The molecule has 0 aliphatic heterocycles. The largest absolute Gasteiger partial charge is 0.328 e. The summed E-state index contributed by atoms with van der Waals surface area (Å²) in [5, 5.41) is 0. The fourth-order valence-corrected chi connectivity index (χ4v) is 3.75. The lowest BCUT2D eigenvalue weighted by atomic mass is 9.85. The molecule has 0 spiro atoms. The van der Waals surface area contributed by atoms with Crippen LogP contribution < -0.4 is 5.73 Å². The Kier molecular flexibility index (Phi) is 5.30. The molecule has 2 aliphatic carbocycles. The summed E-state index contributed by atoms with van der Waals surface area (Å²) in [6.45, 7) is 1.29. The van der Waals surface area contributed by atoms with Gasteiger partial charge in [-0.2, -0.15) is 0 Å². The minimum atomic E-state index is 0.483. The molecule has 100 valence electrons. The van der Waals surface area contributed by atoms with Gasteiger partial charge in [0.05, 0.1) is 0 Å². The van der Waals surface area contributed by atoms with Gasteiger partial charge in [-0.15, -0.1) is 0 Å². The van der Waals surface area contributed by atoms with Gasteiger partial charge < -0.3 is 10.6 Å². The third-order valence-electron chi connectivity index (χ3n) is 4.82. The van der Waals surface area contributed by atoms with Gasteiger partial charge in [-0.25, -0.2) is 0 Å². The van der Waals surface area contributed by atoms with Crippen molar-refractivity contribution >= 4 is 0 Å². The second-order valence-electron chi connectivity index (χ2n) is 6.38. The fraction of sp³-hybridized carbons (Fsp3) is 1.00. The van der Waals surface area contributed by atoms with Crippen molar-refractivity contribution in [3.8, 4) is 0 Å². The van der Waals surface area contributed by atoms with E-state index in [9.17, 15) is 0 Å². The summed E-state index contributed by atoms with van der Waals surface area (Å²) in [5.74, 6) is 0.868. The molecular formula is C15H30N2. The van der Waals surface area contributed by atoms with Gasteiger partial charge in [-0.05, 0) is 45.1 Å². The van der Waals surface area contributed by atoms with Crippen molar-refractivity contribution in [3.05, 3.63) is 0 Å². The molecule has 2 saturated carbocycles. The van der Waals surface area contributed by atoms with Gasteiger partial charge in [0, 0.05) is 18.6 Å². The number of hydrogen-bond donors (Lipinski definition) is 1. The SMILES string of the molecule is CN(CC1CCCC(N)C1)C1CCCCCC1. The first-order valence-corrected chi connectivity index (χ1v) is 7.71. The van der Waals surface area contributed by atoms with Crippen LogP contribution in [-0.2, 0) is 0 Å². The van der Waals surface area contributed by atoms with Crippen LogP contribution in [0.15, 0.2) is 0 Å². The monoisotopic (exact) mass is 238 g/mol. The molecule has 2 atom stereocenters. The van der Waals surface area contributed by atoms with Crippen molar-refractivity contribution in [1.29, 1.82) is 0 Å². The average Bonchev–Trinajstić information content (AvgIpc) is 2.57. The quantitative estimate of drug-likeness (QED) is 0.765. The summed E-state index contributed by atoms with van der Waals surface area (Å²) in [6, 6.07) is 1.34. The van der Waals surface area contributed by atoms with Gasteiger partial charge in [0.15, 0.2) is 0 Å². The van der Waals surface area contributed by atoms with E-state index in [0.29, 0.717) is 6.04 Å². The molecule has 0 heterocycles. The molecule has 0 aromatic rings. The second kappa shape index (κ2) is 6.75. The van der Waals surface area contributed by atoms with Crippen LogP contribution in [0.1, 0.15) is 64.2 Å². The van der Waals surface area contributed by atoms with E-state index in [1.54, 1.807) is 0 Å². The number of nitrogens with two attached hydrogens (primary N) is 1. The Labute approximate surface area is 107 Å². The van der Waals surface area contributed by atoms with Gasteiger partial charge in [0.1, 0.15) is 0 Å². The van der Waals surface area contributed by atoms with Crippen LogP contribution in [0.3, 0.4) is 0 Å². The van der Waals surface area contributed by atoms with Gasteiger partial charge in [0.2, 0.25) is 0 Å². The van der Waals surface area contributed by atoms with Crippen molar-refractivity contribution in [2.75, 3.05) is 13.6 Å². The lowest BCUT2D eigenvalue weighted by Gasteiger charge is -2.34. The summed E-state index contributed by atoms with van der Waals surface area (Å²) in [6.07, 6.45) is 13.9. The molecule has 0 aromatic carbocycles. The Balaban J connectivity index is 1.76. The highest BCUT2D eigenvalue weighted by atomic mass is 15.1. The molecular weight excluding hydrogens is 208 g/mol. The topological polar surface area (TPSA) is 29.3 Å². The number of nitrogens with zero attached hydrogens (tertiary/aromatic N) is 1. The third kappa shape index (κ3) is 4.26. The van der Waals surface area contributed by atoms with E-state index in [1.165, 1.54) is 70.8 Å². The van der Waals surface area contributed by atoms with Gasteiger partial charge in [0.25, 0.3) is 0 Å². The highest BCUT2D eigenvalue weighted by Crippen LogP contribution is 2.26. The van der Waals surface area contributed by atoms with E-state index < -0.39 is 0 Å². The minimum absolute atomic E-state index is 0.483. The van der Waals surface area contributed by atoms with E-state index >= 15 is 0 Å². The zero-order chi connectivity index (χ0) is 12.1. The first kappa shape index (κ1) is 13.4. The Morgan fingerprint density at radius 3 is 2.29 bits per heavy atom. The molecule has 2 fully saturated rings. The van der Waals surface area contributed by atoms with Crippen LogP contribution in [0.25, 0.3) is 0 Å². The van der Waals surface area contributed by atoms with Crippen molar-refractivity contribution in [3.63, 3.8) is 0 Å². The number of rotatable bonds is 3. The molecule has 2 rings (SSSR count). The van der Waals surface area contributed by atoms with Crippen LogP contribution in [0.5, 0.6) is 0 Å². The summed E-state index contributed by atoms with van der Waals surface area (Å²) >= 11 is 0. The lowest BCUT2D eigenvalue weighted by Crippen LogP contribution is -2.38. The van der Waals surface area contributed by atoms with E-state index in [4.69, 9.17) is 5.73 Å². The molecule has 0 radical (unpaired) electrons. The van der Waals surface area contributed by atoms with Crippen molar-refractivity contribution in [2.24, 2.45) is 11.7 Å². The molecule has 2 aliphatic rings. The minimum Gasteiger partial charge on any atom is -0.328 e. The first-order chi connectivity index (χ1) is 8.25. The predicted octanol–water partition coefficient (Wildman–Crippen LogP) is 3.16. The van der Waals surface area contributed by atoms with Gasteiger partial charge >= 0.3 is 0 Å². The van der Waals surface area contributed by atoms with E-state index in [2.05, 4.69) is 11.9 Å². The summed E-state index contributed by atoms with van der Waals surface area (Å²) in [4.78, 5) is 2.65. The van der Waals surface area contributed by atoms with Crippen molar-refractivity contribution < 1.29 is 0 Å². The van der Waals surface area contributed by atoms with Crippen LogP contribution in [0.2, 0.25) is 0 Å². The van der Waals surface area contributed by atoms with E-state index in [0.717, 1.165) is 12.0 Å². The highest BCUT2D eigenvalue weighted by Gasteiger charge is 2.23. The summed E-state index contributed by atoms with van der Waals surface area (Å²) < 4.78 is 0. The third-order valence-corrected chi connectivity index (χ3v) is 4.82.